The lowest BCUT2D eigenvalue weighted by Gasteiger charge is -2.27. The minimum Gasteiger partial charge on any atom is -0.495 e. The molecule has 0 atom stereocenters. The molecular formula is C15H22ClNO2. The Morgan fingerprint density at radius 2 is 1.95 bits per heavy atom. The Balaban J connectivity index is 2.02. The van der Waals surface area contributed by atoms with E-state index in [4.69, 9.17) is 16.3 Å². The summed E-state index contributed by atoms with van der Waals surface area (Å²) in [6.45, 7) is 0.545. The second kappa shape index (κ2) is 6.49. The van der Waals surface area contributed by atoms with Crippen molar-refractivity contribution in [2.24, 2.45) is 0 Å². The van der Waals surface area contributed by atoms with Gasteiger partial charge in [-0.15, -0.1) is 0 Å². The molecule has 19 heavy (non-hydrogen) atoms. The summed E-state index contributed by atoms with van der Waals surface area (Å²) in [6, 6.07) is 5.47. The van der Waals surface area contributed by atoms with Gasteiger partial charge in [0, 0.05) is 11.6 Å². The quantitative estimate of drug-likeness (QED) is 0.825. The van der Waals surface area contributed by atoms with Crippen molar-refractivity contribution >= 4 is 17.3 Å². The van der Waals surface area contributed by atoms with Gasteiger partial charge in [-0.25, -0.2) is 0 Å². The van der Waals surface area contributed by atoms with Crippen molar-refractivity contribution in [3.8, 4) is 5.75 Å². The highest BCUT2D eigenvalue weighted by Crippen LogP contribution is 2.31. The third-order valence-corrected chi connectivity index (χ3v) is 4.04. The standard InChI is InChI=1S/C15H22ClNO2/c1-19-14-7-6-12(16)10-13(14)17-11-15(18)8-4-2-3-5-9-15/h6-7,10,17-18H,2-5,8-9,11H2,1H3. The summed E-state index contributed by atoms with van der Waals surface area (Å²) >= 11 is 6.00. The highest BCUT2D eigenvalue weighted by molar-refractivity contribution is 6.30. The first-order valence-electron chi connectivity index (χ1n) is 6.93. The molecule has 1 aliphatic rings. The zero-order valence-electron chi connectivity index (χ0n) is 11.4. The predicted octanol–water partition coefficient (Wildman–Crippen LogP) is 3.85. The van der Waals surface area contributed by atoms with E-state index in [1.165, 1.54) is 12.8 Å². The lowest BCUT2D eigenvalue weighted by atomic mass is 9.94. The molecule has 1 aromatic rings. The van der Waals surface area contributed by atoms with Crippen molar-refractivity contribution in [3.63, 3.8) is 0 Å². The average Bonchev–Trinajstić information content (AvgIpc) is 2.62. The molecule has 106 valence electrons. The van der Waals surface area contributed by atoms with Gasteiger partial charge >= 0.3 is 0 Å². The number of halogens is 1. The van der Waals surface area contributed by atoms with Crippen LogP contribution in [0.2, 0.25) is 5.02 Å². The molecule has 1 aliphatic carbocycles. The van der Waals surface area contributed by atoms with Crippen molar-refractivity contribution in [2.45, 2.75) is 44.1 Å². The fourth-order valence-electron chi connectivity index (χ4n) is 2.64. The van der Waals surface area contributed by atoms with Gasteiger partial charge in [-0.1, -0.05) is 37.3 Å². The zero-order chi connectivity index (χ0) is 13.7. The van der Waals surface area contributed by atoms with Crippen molar-refractivity contribution in [3.05, 3.63) is 23.2 Å². The van der Waals surface area contributed by atoms with E-state index in [1.807, 2.05) is 12.1 Å². The van der Waals surface area contributed by atoms with Crippen LogP contribution in [0.1, 0.15) is 38.5 Å². The number of rotatable bonds is 4. The van der Waals surface area contributed by atoms with Gasteiger partial charge in [-0.05, 0) is 31.0 Å². The number of aliphatic hydroxyl groups is 1. The summed E-state index contributed by atoms with van der Waals surface area (Å²) < 4.78 is 5.30. The summed E-state index contributed by atoms with van der Waals surface area (Å²) in [7, 11) is 1.63. The van der Waals surface area contributed by atoms with Crippen LogP contribution < -0.4 is 10.1 Å². The Hall–Kier alpha value is -0.930. The van der Waals surface area contributed by atoms with Crippen LogP contribution in [0.4, 0.5) is 5.69 Å². The first kappa shape index (κ1) is 14.5. The molecule has 2 N–H and O–H groups in total. The molecule has 0 aliphatic heterocycles. The van der Waals surface area contributed by atoms with Crippen LogP contribution >= 0.6 is 11.6 Å². The highest BCUT2D eigenvalue weighted by atomic mass is 35.5. The molecule has 3 nitrogen and oxygen atoms in total. The van der Waals surface area contributed by atoms with E-state index in [1.54, 1.807) is 13.2 Å². The van der Waals surface area contributed by atoms with E-state index < -0.39 is 5.60 Å². The lowest BCUT2D eigenvalue weighted by Crippen LogP contribution is -2.36. The van der Waals surface area contributed by atoms with Crippen LogP contribution in [0.3, 0.4) is 0 Å². The number of ether oxygens (including phenoxy) is 1. The molecule has 4 heteroatoms. The number of nitrogens with one attached hydrogen (secondary N) is 1. The Kier molecular flexibility index (Phi) is 4.94. The first-order valence-corrected chi connectivity index (χ1v) is 7.31. The summed E-state index contributed by atoms with van der Waals surface area (Å²) in [5.74, 6) is 0.752. The number of methoxy groups -OCH3 is 1. The molecule has 0 saturated heterocycles. The zero-order valence-corrected chi connectivity index (χ0v) is 12.2. The van der Waals surface area contributed by atoms with Gasteiger partial charge in [0.15, 0.2) is 0 Å². The van der Waals surface area contributed by atoms with Crippen molar-refractivity contribution in [1.82, 2.24) is 0 Å². The first-order chi connectivity index (χ1) is 9.13. The fraction of sp³-hybridized carbons (Fsp3) is 0.600. The molecule has 0 amide bonds. The Labute approximate surface area is 119 Å². The molecule has 2 rings (SSSR count). The van der Waals surface area contributed by atoms with Crippen LogP contribution in [0, 0.1) is 0 Å². The fourth-order valence-corrected chi connectivity index (χ4v) is 2.81. The average molecular weight is 284 g/mol. The van der Waals surface area contributed by atoms with Gasteiger partial charge < -0.3 is 15.2 Å². The molecule has 0 heterocycles. The van der Waals surface area contributed by atoms with E-state index in [9.17, 15) is 5.11 Å². The summed E-state index contributed by atoms with van der Waals surface area (Å²) in [6.07, 6.45) is 6.38. The topological polar surface area (TPSA) is 41.5 Å². The predicted molar refractivity (Wildman–Crippen MR) is 79.1 cm³/mol. The maximum atomic E-state index is 10.6. The molecule has 1 saturated carbocycles. The minimum absolute atomic E-state index is 0.545. The Bertz CT molecular complexity index is 415. The van der Waals surface area contributed by atoms with Crippen LogP contribution in [0.25, 0.3) is 0 Å². The molecule has 1 fully saturated rings. The van der Waals surface area contributed by atoms with Gasteiger partial charge in [-0.2, -0.15) is 0 Å². The SMILES string of the molecule is COc1ccc(Cl)cc1NCC1(O)CCCCCC1. The molecule has 0 spiro atoms. The minimum atomic E-state index is -0.607. The summed E-state index contributed by atoms with van der Waals surface area (Å²) in [4.78, 5) is 0. The maximum Gasteiger partial charge on any atom is 0.142 e. The van der Waals surface area contributed by atoms with E-state index in [2.05, 4.69) is 5.32 Å². The van der Waals surface area contributed by atoms with Gasteiger partial charge in [0.2, 0.25) is 0 Å². The number of anilines is 1. The van der Waals surface area contributed by atoms with Gasteiger partial charge in [-0.3, -0.25) is 0 Å². The maximum absolute atomic E-state index is 10.6. The molecule has 0 aromatic heterocycles. The second-order valence-corrected chi connectivity index (χ2v) is 5.77. The number of hydrogen-bond donors (Lipinski definition) is 2. The van der Waals surface area contributed by atoms with Crippen LogP contribution in [0.5, 0.6) is 5.75 Å². The van der Waals surface area contributed by atoms with Crippen LogP contribution in [0.15, 0.2) is 18.2 Å². The molecule has 0 radical (unpaired) electrons. The number of hydrogen-bond acceptors (Lipinski definition) is 3. The third kappa shape index (κ3) is 4.02. The van der Waals surface area contributed by atoms with Crippen LogP contribution in [-0.2, 0) is 0 Å². The van der Waals surface area contributed by atoms with Gasteiger partial charge in [0.1, 0.15) is 5.75 Å². The molecule has 0 bridgehead atoms. The second-order valence-electron chi connectivity index (χ2n) is 5.34. The number of benzene rings is 1. The van der Waals surface area contributed by atoms with Crippen LogP contribution in [-0.4, -0.2) is 24.4 Å². The van der Waals surface area contributed by atoms with Crippen molar-refractivity contribution in [1.29, 1.82) is 0 Å². The highest BCUT2D eigenvalue weighted by Gasteiger charge is 2.27. The normalized spacial score (nSPS) is 18.7. The molecule has 1 aromatic carbocycles. The van der Waals surface area contributed by atoms with Gasteiger partial charge in [0.05, 0.1) is 18.4 Å². The summed E-state index contributed by atoms with van der Waals surface area (Å²) in [5.41, 5.74) is 0.233. The molecular weight excluding hydrogens is 262 g/mol. The van der Waals surface area contributed by atoms with Gasteiger partial charge in [0.25, 0.3) is 0 Å². The molecule has 0 unspecified atom stereocenters. The van der Waals surface area contributed by atoms with E-state index in [0.717, 1.165) is 37.1 Å². The summed E-state index contributed by atoms with van der Waals surface area (Å²) in [5, 5.41) is 14.6. The van der Waals surface area contributed by atoms with Crippen molar-refractivity contribution < 1.29 is 9.84 Å². The largest absolute Gasteiger partial charge is 0.495 e. The lowest BCUT2D eigenvalue weighted by molar-refractivity contribution is 0.0381. The Morgan fingerprint density at radius 1 is 1.26 bits per heavy atom. The van der Waals surface area contributed by atoms with E-state index in [0.29, 0.717) is 11.6 Å². The monoisotopic (exact) mass is 283 g/mol. The Morgan fingerprint density at radius 3 is 2.58 bits per heavy atom. The smallest absolute Gasteiger partial charge is 0.142 e. The van der Waals surface area contributed by atoms with Crippen molar-refractivity contribution in [2.75, 3.05) is 19.0 Å². The van der Waals surface area contributed by atoms with E-state index in [-0.39, 0.29) is 0 Å². The van der Waals surface area contributed by atoms with E-state index >= 15 is 0 Å². The third-order valence-electron chi connectivity index (χ3n) is 3.80.